The zero-order chi connectivity index (χ0) is 21.7. The summed E-state index contributed by atoms with van der Waals surface area (Å²) >= 11 is 0. The van der Waals surface area contributed by atoms with Crippen molar-refractivity contribution in [2.45, 2.75) is 24.3 Å². The summed E-state index contributed by atoms with van der Waals surface area (Å²) in [5, 5.41) is 5.55. The van der Waals surface area contributed by atoms with Crippen molar-refractivity contribution in [1.82, 2.24) is 14.9 Å². The van der Waals surface area contributed by atoms with Crippen LogP contribution < -0.4 is 15.4 Å². The van der Waals surface area contributed by atoms with Gasteiger partial charge in [0.15, 0.2) is 0 Å². The van der Waals surface area contributed by atoms with Crippen molar-refractivity contribution < 1.29 is 22.7 Å². The summed E-state index contributed by atoms with van der Waals surface area (Å²) in [5.41, 5.74) is 1.17. The summed E-state index contributed by atoms with van der Waals surface area (Å²) in [6, 6.07) is 13.1. The van der Waals surface area contributed by atoms with Gasteiger partial charge in [-0.05, 0) is 42.3 Å². The molecular weight excluding hydrogens is 406 g/mol. The molecule has 30 heavy (non-hydrogen) atoms. The van der Waals surface area contributed by atoms with Crippen molar-refractivity contribution in [3.05, 3.63) is 59.7 Å². The van der Waals surface area contributed by atoms with Gasteiger partial charge in [0.1, 0.15) is 5.75 Å². The molecule has 1 aliphatic rings. The highest BCUT2D eigenvalue weighted by Crippen LogP contribution is 2.22. The second kappa shape index (κ2) is 9.27. The lowest BCUT2D eigenvalue weighted by Crippen LogP contribution is -2.49. The van der Waals surface area contributed by atoms with E-state index in [-0.39, 0.29) is 47.9 Å². The van der Waals surface area contributed by atoms with Gasteiger partial charge in [-0.15, -0.1) is 0 Å². The summed E-state index contributed by atoms with van der Waals surface area (Å²) in [4.78, 5) is 24.4. The molecule has 0 bridgehead atoms. The molecule has 9 heteroatoms. The molecule has 2 aromatic carbocycles. The first kappa shape index (κ1) is 21.8. The Balaban J connectivity index is 1.78. The lowest BCUT2D eigenvalue weighted by atomic mass is 10.0. The normalized spacial score (nSPS) is 15.9. The van der Waals surface area contributed by atoms with Gasteiger partial charge in [0.25, 0.3) is 5.91 Å². The van der Waals surface area contributed by atoms with Crippen molar-refractivity contribution >= 4 is 21.8 Å². The summed E-state index contributed by atoms with van der Waals surface area (Å²) in [5.74, 6) is 0.0133. The van der Waals surface area contributed by atoms with Crippen LogP contribution in [0.1, 0.15) is 35.3 Å². The fourth-order valence-corrected chi connectivity index (χ4v) is 4.71. The third-order valence-electron chi connectivity index (χ3n) is 4.97. The average Bonchev–Trinajstić information content (AvgIpc) is 2.77. The maximum absolute atomic E-state index is 12.9. The highest BCUT2D eigenvalue weighted by atomic mass is 32.2. The molecule has 8 nitrogen and oxygen atoms in total. The zero-order valence-corrected chi connectivity index (χ0v) is 17.7. The highest BCUT2D eigenvalue weighted by molar-refractivity contribution is 7.89. The number of ether oxygens (including phenoxy) is 1. The van der Waals surface area contributed by atoms with Crippen molar-refractivity contribution in [2.24, 2.45) is 0 Å². The number of carbonyl (C=O) groups excluding carboxylic acids is 2. The van der Waals surface area contributed by atoms with Crippen LogP contribution in [0.4, 0.5) is 0 Å². The van der Waals surface area contributed by atoms with E-state index in [1.807, 2.05) is 31.2 Å². The Bertz CT molecular complexity index is 1020. The molecular formula is C21H25N3O5S. The van der Waals surface area contributed by atoms with E-state index in [0.29, 0.717) is 6.42 Å². The van der Waals surface area contributed by atoms with Gasteiger partial charge >= 0.3 is 0 Å². The second-order valence-corrected chi connectivity index (χ2v) is 8.86. The molecule has 0 spiro atoms. The molecule has 0 unspecified atom stereocenters. The van der Waals surface area contributed by atoms with Gasteiger partial charge in [0.05, 0.1) is 24.6 Å². The Morgan fingerprint density at radius 3 is 2.60 bits per heavy atom. The number of piperazine rings is 1. The van der Waals surface area contributed by atoms with E-state index in [4.69, 9.17) is 4.74 Å². The SMILES string of the molecule is CC[C@@H](NC(=O)c1cccc(S(=O)(=O)N2CCNC(=O)C2)c1)c1ccc(OC)cc1. The summed E-state index contributed by atoms with van der Waals surface area (Å²) < 4.78 is 32.0. The van der Waals surface area contributed by atoms with Crippen molar-refractivity contribution in [3.63, 3.8) is 0 Å². The van der Waals surface area contributed by atoms with Crippen LogP contribution in [0.2, 0.25) is 0 Å². The Morgan fingerprint density at radius 1 is 1.23 bits per heavy atom. The minimum Gasteiger partial charge on any atom is -0.497 e. The number of hydrogen-bond acceptors (Lipinski definition) is 5. The number of sulfonamides is 1. The molecule has 0 aliphatic carbocycles. The molecule has 2 amide bonds. The van der Waals surface area contributed by atoms with Crippen LogP contribution in [-0.4, -0.2) is 51.3 Å². The van der Waals surface area contributed by atoms with E-state index in [9.17, 15) is 18.0 Å². The Hall–Kier alpha value is -2.91. The minimum absolute atomic E-state index is 0.0117. The van der Waals surface area contributed by atoms with Crippen LogP contribution >= 0.6 is 0 Å². The van der Waals surface area contributed by atoms with E-state index in [0.717, 1.165) is 15.6 Å². The highest BCUT2D eigenvalue weighted by Gasteiger charge is 2.29. The third kappa shape index (κ3) is 4.80. The summed E-state index contributed by atoms with van der Waals surface area (Å²) in [6.45, 7) is 2.18. The van der Waals surface area contributed by atoms with Crippen LogP contribution in [-0.2, 0) is 14.8 Å². The van der Waals surface area contributed by atoms with Gasteiger partial charge in [-0.25, -0.2) is 8.42 Å². The van der Waals surface area contributed by atoms with Crippen molar-refractivity contribution in [1.29, 1.82) is 0 Å². The molecule has 160 valence electrons. The van der Waals surface area contributed by atoms with E-state index < -0.39 is 10.0 Å². The smallest absolute Gasteiger partial charge is 0.251 e. The van der Waals surface area contributed by atoms with Gasteiger partial charge < -0.3 is 15.4 Å². The van der Waals surface area contributed by atoms with Crippen molar-refractivity contribution in [3.8, 4) is 5.75 Å². The quantitative estimate of drug-likeness (QED) is 0.694. The van der Waals surface area contributed by atoms with Crippen LogP contribution in [0.15, 0.2) is 53.4 Å². The van der Waals surface area contributed by atoms with E-state index in [1.165, 1.54) is 18.2 Å². The minimum atomic E-state index is -3.87. The molecule has 1 atom stereocenters. The second-order valence-electron chi connectivity index (χ2n) is 6.92. The third-order valence-corrected chi connectivity index (χ3v) is 6.81. The van der Waals surface area contributed by atoms with Gasteiger partial charge in [-0.1, -0.05) is 25.1 Å². The Morgan fingerprint density at radius 2 is 1.97 bits per heavy atom. The first-order valence-electron chi connectivity index (χ1n) is 9.67. The Kier molecular flexibility index (Phi) is 6.73. The summed E-state index contributed by atoms with van der Waals surface area (Å²) in [7, 11) is -2.28. The zero-order valence-electron chi connectivity index (χ0n) is 16.9. The van der Waals surface area contributed by atoms with Crippen LogP contribution in [0.5, 0.6) is 5.75 Å². The Labute approximate surface area is 176 Å². The lowest BCUT2D eigenvalue weighted by molar-refractivity contribution is -0.122. The number of rotatable bonds is 7. The van der Waals surface area contributed by atoms with Crippen LogP contribution in [0.3, 0.4) is 0 Å². The standard InChI is InChI=1S/C21H25N3O5S/c1-3-19(15-7-9-17(29-2)10-8-15)23-21(26)16-5-4-6-18(13-16)30(27,28)24-12-11-22-20(25)14-24/h4-10,13,19H,3,11-12,14H2,1-2H3,(H,22,25)(H,23,26)/t19-/m1/s1. The predicted molar refractivity (Wildman–Crippen MR) is 112 cm³/mol. The molecule has 0 aromatic heterocycles. The topological polar surface area (TPSA) is 105 Å². The largest absolute Gasteiger partial charge is 0.497 e. The molecule has 0 radical (unpaired) electrons. The molecule has 1 saturated heterocycles. The number of benzene rings is 2. The monoisotopic (exact) mass is 431 g/mol. The fourth-order valence-electron chi connectivity index (χ4n) is 3.27. The molecule has 0 saturated carbocycles. The van der Waals surface area contributed by atoms with Crippen LogP contribution in [0, 0.1) is 0 Å². The summed E-state index contributed by atoms with van der Waals surface area (Å²) in [6.07, 6.45) is 0.666. The van der Waals surface area contributed by atoms with Gasteiger partial charge in [0, 0.05) is 18.7 Å². The molecule has 2 N–H and O–H groups in total. The fraction of sp³-hybridized carbons (Fsp3) is 0.333. The van der Waals surface area contributed by atoms with E-state index >= 15 is 0 Å². The number of amides is 2. The average molecular weight is 432 g/mol. The van der Waals surface area contributed by atoms with E-state index in [2.05, 4.69) is 10.6 Å². The number of hydrogen-bond donors (Lipinski definition) is 2. The van der Waals surface area contributed by atoms with E-state index in [1.54, 1.807) is 13.2 Å². The first-order chi connectivity index (χ1) is 14.3. The van der Waals surface area contributed by atoms with Crippen molar-refractivity contribution in [2.75, 3.05) is 26.7 Å². The maximum atomic E-state index is 12.9. The first-order valence-corrected chi connectivity index (χ1v) is 11.1. The molecule has 1 aliphatic heterocycles. The van der Waals surface area contributed by atoms with Gasteiger partial charge in [0.2, 0.25) is 15.9 Å². The maximum Gasteiger partial charge on any atom is 0.251 e. The number of nitrogens with one attached hydrogen (secondary N) is 2. The molecule has 2 aromatic rings. The number of carbonyl (C=O) groups is 2. The lowest BCUT2D eigenvalue weighted by Gasteiger charge is -2.26. The van der Waals surface area contributed by atoms with Gasteiger partial charge in [-0.2, -0.15) is 4.31 Å². The van der Waals surface area contributed by atoms with Gasteiger partial charge in [-0.3, -0.25) is 9.59 Å². The number of methoxy groups -OCH3 is 1. The van der Waals surface area contributed by atoms with Crippen LogP contribution in [0.25, 0.3) is 0 Å². The molecule has 3 rings (SSSR count). The predicted octanol–water partition coefficient (Wildman–Crippen LogP) is 1.70. The molecule has 1 heterocycles. The molecule has 1 fully saturated rings. The number of nitrogens with zero attached hydrogens (tertiary/aromatic N) is 1.